The van der Waals surface area contributed by atoms with Crippen molar-refractivity contribution in [3.8, 4) is 5.88 Å². The molecule has 0 saturated heterocycles. The Morgan fingerprint density at radius 1 is 1.50 bits per heavy atom. The van der Waals surface area contributed by atoms with Crippen LogP contribution in [0.1, 0.15) is 19.4 Å². The second kappa shape index (κ2) is 6.27. The molecular weight excluding hydrogens is 206 g/mol. The van der Waals surface area contributed by atoms with Crippen LogP contribution in [0.4, 0.5) is 5.82 Å². The molecule has 0 bridgehead atoms. The van der Waals surface area contributed by atoms with E-state index in [-0.39, 0.29) is 12.5 Å². The molecule has 1 aromatic heterocycles. The zero-order chi connectivity index (χ0) is 12.0. The molecule has 2 N–H and O–H groups in total. The Labute approximate surface area is 95.9 Å². The standard InChI is InChI=1S/C11H19N3O2/c1-4-16-11-9(3)10(13-7-14-11)12-5-8(2)6-15/h7-8,15H,4-6H2,1-3H3,(H,12,13,14). The number of hydrogen-bond donors (Lipinski definition) is 2. The van der Waals surface area contributed by atoms with Crippen LogP contribution in [0.2, 0.25) is 0 Å². The molecule has 1 heterocycles. The van der Waals surface area contributed by atoms with Crippen molar-refractivity contribution < 1.29 is 9.84 Å². The lowest BCUT2D eigenvalue weighted by Crippen LogP contribution is -2.16. The van der Waals surface area contributed by atoms with Crippen molar-refractivity contribution in [2.75, 3.05) is 25.1 Å². The van der Waals surface area contributed by atoms with Crippen LogP contribution in [0.3, 0.4) is 0 Å². The number of rotatable bonds is 6. The van der Waals surface area contributed by atoms with E-state index in [1.165, 1.54) is 6.33 Å². The number of ether oxygens (including phenoxy) is 1. The average molecular weight is 225 g/mol. The predicted molar refractivity (Wildman–Crippen MR) is 62.7 cm³/mol. The summed E-state index contributed by atoms with van der Waals surface area (Å²) < 4.78 is 5.37. The second-order valence-electron chi connectivity index (χ2n) is 3.75. The maximum absolute atomic E-state index is 8.92. The first-order chi connectivity index (χ1) is 7.69. The first-order valence-electron chi connectivity index (χ1n) is 5.48. The first kappa shape index (κ1) is 12.7. The third-order valence-electron chi connectivity index (χ3n) is 2.25. The lowest BCUT2D eigenvalue weighted by molar-refractivity contribution is 0.244. The molecule has 5 nitrogen and oxygen atoms in total. The fraction of sp³-hybridized carbons (Fsp3) is 0.636. The summed E-state index contributed by atoms with van der Waals surface area (Å²) in [6.45, 7) is 7.23. The van der Waals surface area contributed by atoms with Gasteiger partial charge in [-0.2, -0.15) is 0 Å². The summed E-state index contributed by atoms with van der Waals surface area (Å²) in [5, 5.41) is 12.1. The predicted octanol–water partition coefficient (Wildman–Crippen LogP) is 1.22. The largest absolute Gasteiger partial charge is 0.478 e. The molecule has 0 saturated carbocycles. The van der Waals surface area contributed by atoms with Gasteiger partial charge in [0.1, 0.15) is 12.1 Å². The van der Waals surface area contributed by atoms with Gasteiger partial charge in [0.15, 0.2) is 0 Å². The molecule has 16 heavy (non-hydrogen) atoms. The van der Waals surface area contributed by atoms with Gasteiger partial charge in [-0.1, -0.05) is 6.92 Å². The molecule has 1 atom stereocenters. The Balaban J connectivity index is 2.69. The van der Waals surface area contributed by atoms with E-state index in [1.54, 1.807) is 0 Å². The summed E-state index contributed by atoms with van der Waals surface area (Å²) >= 11 is 0. The first-order valence-corrected chi connectivity index (χ1v) is 5.48. The summed E-state index contributed by atoms with van der Waals surface area (Å²) in [4.78, 5) is 8.20. The van der Waals surface area contributed by atoms with Crippen molar-refractivity contribution in [3.63, 3.8) is 0 Å². The van der Waals surface area contributed by atoms with Crippen molar-refractivity contribution in [2.45, 2.75) is 20.8 Å². The van der Waals surface area contributed by atoms with E-state index in [9.17, 15) is 0 Å². The molecule has 0 amide bonds. The van der Waals surface area contributed by atoms with Gasteiger partial charge in [0.25, 0.3) is 0 Å². The maximum Gasteiger partial charge on any atom is 0.221 e. The van der Waals surface area contributed by atoms with Gasteiger partial charge in [-0.25, -0.2) is 9.97 Å². The zero-order valence-corrected chi connectivity index (χ0v) is 10.0. The number of nitrogens with one attached hydrogen (secondary N) is 1. The van der Waals surface area contributed by atoms with E-state index in [0.717, 1.165) is 11.4 Å². The lowest BCUT2D eigenvalue weighted by Gasteiger charge is -2.13. The molecule has 1 rings (SSSR count). The molecule has 0 aliphatic carbocycles. The lowest BCUT2D eigenvalue weighted by atomic mass is 10.2. The third-order valence-corrected chi connectivity index (χ3v) is 2.25. The Morgan fingerprint density at radius 2 is 2.25 bits per heavy atom. The second-order valence-corrected chi connectivity index (χ2v) is 3.75. The van der Waals surface area contributed by atoms with Crippen molar-refractivity contribution in [1.82, 2.24) is 9.97 Å². The molecular formula is C11H19N3O2. The highest BCUT2D eigenvalue weighted by Gasteiger charge is 2.08. The van der Waals surface area contributed by atoms with Gasteiger partial charge in [-0.3, -0.25) is 0 Å². The maximum atomic E-state index is 8.92. The number of aromatic nitrogens is 2. The summed E-state index contributed by atoms with van der Waals surface area (Å²) in [5.74, 6) is 1.57. The number of anilines is 1. The van der Waals surface area contributed by atoms with Gasteiger partial charge < -0.3 is 15.2 Å². The van der Waals surface area contributed by atoms with Crippen LogP contribution in [0.5, 0.6) is 5.88 Å². The Hall–Kier alpha value is -1.36. The van der Waals surface area contributed by atoms with Crippen molar-refractivity contribution in [1.29, 1.82) is 0 Å². The molecule has 5 heteroatoms. The molecule has 0 radical (unpaired) electrons. The highest BCUT2D eigenvalue weighted by atomic mass is 16.5. The van der Waals surface area contributed by atoms with Gasteiger partial charge in [-0.15, -0.1) is 0 Å². The van der Waals surface area contributed by atoms with Crippen LogP contribution in [0.25, 0.3) is 0 Å². The fourth-order valence-electron chi connectivity index (χ4n) is 1.23. The van der Waals surface area contributed by atoms with Gasteiger partial charge in [0.2, 0.25) is 5.88 Å². The highest BCUT2D eigenvalue weighted by molar-refractivity contribution is 5.47. The fourth-order valence-corrected chi connectivity index (χ4v) is 1.23. The molecule has 0 aliphatic heterocycles. The Morgan fingerprint density at radius 3 is 2.88 bits per heavy atom. The monoisotopic (exact) mass is 225 g/mol. The van der Waals surface area contributed by atoms with E-state index in [0.29, 0.717) is 19.0 Å². The SMILES string of the molecule is CCOc1ncnc(NCC(C)CO)c1C. The molecule has 0 spiro atoms. The average Bonchev–Trinajstić information content (AvgIpc) is 2.30. The third kappa shape index (κ3) is 3.34. The number of nitrogens with zero attached hydrogens (tertiary/aromatic N) is 2. The molecule has 1 unspecified atom stereocenters. The minimum atomic E-state index is 0.162. The smallest absolute Gasteiger partial charge is 0.221 e. The summed E-state index contributed by atoms with van der Waals surface area (Å²) in [5.41, 5.74) is 0.898. The quantitative estimate of drug-likeness (QED) is 0.762. The topological polar surface area (TPSA) is 67.3 Å². The van der Waals surface area contributed by atoms with Crippen LogP contribution < -0.4 is 10.1 Å². The van der Waals surface area contributed by atoms with Gasteiger partial charge in [0.05, 0.1) is 12.2 Å². The van der Waals surface area contributed by atoms with Gasteiger partial charge in [0, 0.05) is 13.2 Å². The number of hydrogen-bond acceptors (Lipinski definition) is 5. The number of aliphatic hydroxyl groups is 1. The molecule has 0 aliphatic rings. The molecule has 0 aromatic carbocycles. The van der Waals surface area contributed by atoms with E-state index in [4.69, 9.17) is 9.84 Å². The van der Waals surface area contributed by atoms with Gasteiger partial charge in [-0.05, 0) is 19.8 Å². The highest BCUT2D eigenvalue weighted by Crippen LogP contribution is 2.20. The van der Waals surface area contributed by atoms with Crippen LogP contribution in [0, 0.1) is 12.8 Å². The van der Waals surface area contributed by atoms with Crippen molar-refractivity contribution in [2.24, 2.45) is 5.92 Å². The van der Waals surface area contributed by atoms with E-state index in [1.807, 2.05) is 20.8 Å². The Bertz CT molecular complexity index is 331. The number of aliphatic hydroxyl groups excluding tert-OH is 1. The Kier molecular flexibility index (Phi) is 4.98. The summed E-state index contributed by atoms with van der Waals surface area (Å²) in [7, 11) is 0. The van der Waals surface area contributed by atoms with Crippen LogP contribution in [-0.4, -0.2) is 34.8 Å². The van der Waals surface area contributed by atoms with Crippen molar-refractivity contribution >= 4 is 5.82 Å². The van der Waals surface area contributed by atoms with Crippen LogP contribution in [-0.2, 0) is 0 Å². The molecule has 0 fully saturated rings. The van der Waals surface area contributed by atoms with Gasteiger partial charge >= 0.3 is 0 Å². The zero-order valence-electron chi connectivity index (χ0n) is 10.0. The summed E-state index contributed by atoms with van der Waals surface area (Å²) in [6, 6.07) is 0. The van der Waals surface area contributed by atoms with E-state index >= 15 is 0 Å². The van der Waals surface area contributed by atoms with Crippen LogP contribution in [0.15, 0.2) is 6.33 Å². The minimum absolute atomic E-state index is 0.162. The van der Waals surface area contributed by atoms with E-state index in [2.05, 4.69) is 15.3 Å². The minimum Gasteiger partial charge on any atom is -0.478 e. The van der Waals surface area contributed by atoms with Crippen LogP contribution >= 0.6 is 0 Å². The summed E-state index contributed by atoms with van der Waals surface area (Å²) in [6.07, 6.45) is 1.48. The van der Waals surface area contributed by atoms with Crippen molar-refractivity contribution in [3.05, 3.63) is 11.9 Å². The molecule has 1 aromatic rings. The van der Waals surface area contributed by atoms with E-state index < -0.39 is 0 Å². The molecule has 90 valence electrons. The normalized spacial score (nSPS) is 12.2.